The molecule has 2 aliphatic carbocycles. The minimum Gasteiger partial charge on any atom is -0.314 e. The first-order valence-electron chi connectivity index (χ1n) is 9.86. The molecular formula is C19H36N2. The number of rotatable bonds is 5. The van der Waals surface area contributed by atoms with Crippen LogP contribution >= 0.6 is 0 Å². The van der Waals surface area contributed by atoms with E-state index in [4.69, 9.17) is 0 Å². The molecule has 0 aromatic heterocycles. The molecule has 122 valence electrons. The summed E-state index contributed by atoms with van der Waals surface area (Å²) in [7, 11) is 0. The SMILES string of the molecule is CCCC1CCC(NC2CCCCC2C2CCCN2)CC1. The van der Waals surface area contributed by atoms with E-state index in [-0.39, 0.29) is 0 Å². The summed E-state index contributed by atoms with van der Waals surface area (Å²) in [6.07, 6.45) is 17.3. The highest BCUT2D eigenvalue weighted by molar-refractivity contribution is 4.93. The zero-order valence-electron chi connectivity index (χ0n) is 14.1. The smallest absolute Gasteiger partial charge is 0.0113 e. The Kier molecular flexibility index (Phi) is 5.99. The lowest BCUT2D eigenvalue weighted by Crippen LogP contribution is -2.50. The molecule has 1 heterocycles. The molecule has 3 rings (SSSR count). The molecule has 1 aliphatic heterocycles. The van der Waals surface area contributed by atoms with E-state index in [0.29, 0.717) is 0 Å². The molecule has 2 nitrogen and oxygen atoms in total. The predicted molar refractivity (Wildman–Crippen MR) is 90.6 cm³/mol. The quantitative estimate of drug-likeness (QED) is 0.792. The van der Waals surface area contributed by atoms with Crippen LogP contribution in [0.3, 0.4) is 0 Å². The average molecular weight is 293 g/mol. The summed E-state index contributed by atoms with van der Waals surface area (Å²) in [6, 6.07) is 2.45. The van der Waals surface area contributed by atoms with Crippen molar-refractivity contribution in [3.8, 4) is 0 Å². The van der Waals surface area contributed by atoms with Crippen LogP contribution in [0.15, 0.2) is 0 Å². The Morgan fingerprint density at radius 1 is 0.905 bits per heavy atom. The van der Waals surface area contributed by atoms with E-state index < -0.39 is 0 Å². The summed E-state index contributed by atoms with van der Waals surface area (Å²) in [4.78, 5) is 0. The molecule has 2 saturated carbocycles. The summed E-state index contributed by atoms with van der Waals surface area (Å²) in [5.41, 5.74) is 0. The van der Waals surface area contributed by atoms with Crippen molar-refractivity contribution < 1.29 is 0 Å². The fourth-order valence-corrected chi connectivity index (χ4v) is 5.25. The molecule has 21 heavy (non-hydrogen) atoms. The van der Waals surface area contributed by atoms with Crippen LogP contribution in [0, 0.1) is 11.8 Å². The summed E-state index contributed by atoms with van der Waals surface area (Å²) >= 11 is 0. The monoisotopic (exact) mass is 292 g/mol. The van der Waals surface area contributed by atoms with Gasteiger partial charge in [-0.15, -0.1) is 0 Å². The lowest BCUT2D eigenvalue weighted by molar-refractivity contribution is 0.176. The molecule has 3 atom stereocenters. The highest BCUT2D eigenvalue weighted by Gasteiger charge is 2.34. The molecule has 3 fully saturated rings. The van der Waals surface area contributed by atoms with Gasteiger partial charge in [0.1, 0.15) is 0 Å². The van der Waals surface area contributed by atoms with E-state index in [1.54, 1.807) is 0 Å². The average Bonchev–Trinajstić information content (AvgIpc) is 3.04. The Balaban J connectivity index is 1.48. The molecule has 2 heteroatoms. The molecular weight excluding hydrogens is 256 g/mol. The highest BCUT2D eigenvalue weighted by Crippen LogP contribution is 2.33. The Morgan fingerprint density at radius 3 is 2.43 bits per heavy atom. The number of nitrogens with one attached hydrogen (secondary N) is 2. The first-order chi connectivity index (χ1) is 10.4. The standard InChI is InChI=1S/C19H36N2/c1-2-6-15-10-12-16(13-11-15)21-19-8-4-3-7-17(19)18-9-5-14-20-18/h15-21H,2-14H2,1H3. The van der Waals surface area contributed by atoms with Crippen molar-refractivity contribution in [2.75, 3.05) is 6.54 Å². The summed E-state index contributed by atoms with van der Waals surface area (Å²) < 4.78 is 0. The maximum absolute atomic E-state index is 4.11. The second-order valence-electron chi connectivity index (χ2n) is 7.93. The molecule has 0 aromatic carbocycles. The van der Waals surface area contributed by atoms with Gasteiger partial charge in [-0.1, -0.05) is 32.6 Å². The van der Waals surface area contributed by atoms with Gasteiger partial charge >= 0.3 is 0 Å². The second-order valence-corrected chi connectivity index (χ2v) is 7.93. The predicted octanol–water partition coefficient (Wildman–Crippen LogP) is 4.25. The molecule has 0 amide bonds. The molecule has 2 N–H and O–H groups in total. The zero-order valence-corrected chi connectivity index (χ0v) is 14.1. The van der Waals surface area contributed by atoms with Gasteiger partial charge < -0.3 is 10.6 Å². The Bertz CT molecular complexity index is 290. The van der Waals surface area contributed by atoms with Crippen LogP contribution in [0.1, 0.15) is 84.0 Å². The van der Waals surface area contributed by atoms with Gasteiger partial charge in [0.25, 0.3) is 0 Å². The van der Waals surface area contributed by atoms with E-state index in [0.717, 1.165) is 30.0 Å². The first kappa shape index (κ1) is 15.8. The van der Waals surface area contributed by atoms with Crippen LogP contribution in [-0.2, 0) is 0 Å². The minimum absolute atomic E-state index is 0.807. The maximum atomic E-state index is 4.11. The summed E-state index contributed by atoms with van der Waals surface area (Å²) in [5, 5.41) is 7.88. The topological polar surface area (TPSA) is 24.1 Å². The third-order valence-electron chi connectivity index (χ3n) is 6.43. The van der Waals surface area contributed by atoms with Gasteiger partial charge in [0.15, 0.2) is 0 Å². The van der Waals surface area contributed by atoms with Crippen molar-refractivity contribution >= 4 is 0 Å². The zero-order chi connectivity index (χ0) is 14.5. The Morgan fingerprint density at radius 2 is 1.71 bits per heavy atom. The van der Waals surface area contributed by atoms with Crippen LogP contribution in [-0.4, -0.2) is 24.7 Å². The summed E-state index contributed by atoms with van der Waals surface area (Å²) in [6.45, 7) is 3.60. The van der Waals surface area contributed by atoms with Crippen molar-refractivity contribution in [2.45, 2.75) is 102 Å². The highest BCUT2D eigenvalue weighted by atomic mass is 15.0. The minimum atomic E-state index is 0.807. The fraction of sp³-hybridized carbons (Fsp3) is 1.00. The summed E-state index contributed by atoms with van der Waals surface area (Å²) in [5.74, 6) is 1.95. The molecule has 0 aromatic rings. The van der Waals surface area contributed by atoms with Gasteiger partial charge in [-0.2, -0.15) is 0 Å². The van der Waals surface area contributed by atoms with Crippen LogP contribution in [0.4, 0.5) is 0 Å². The third kappa shape index (κ3) is 4.22. The van der Waals surface area contributed by atoms with E-state index >= 15 is 0 Å². The van der Waals surface area contributed by atoms with Crippen molar-refractivity contribution in [1.82, 2.24) is 10.6 Å². The van der Waals surface area contributed by atoms with Gasteiger partial charge in [0.05, 0.1) is 0 Å². The van der Waals surface area contributed by atoms with Gasteiger partial charge in [0.2, 0.25) is 0 Å². The fourth-order valence-electron chi connectivity index (χ4n) is 5.25. The van der Waals surface area contributed by atoms with Gasteiger partial charge in [-0.25, -0.2) is 0 Å². The third-order valence-corrected chi connectivity index (χ3v) is 6.43. The molecule has 0 bridgehead atoms. The van der Waals surface area contributed by atoms with Crippen LogP contribution in [0.5, 0.6) is 0 Å². The van der Waals surface area contributed by atoms with Crippen LogP contribution in [0.2, 0.25) is 0 Å². The van der Waals surface area contributed by atoms with Crippen molar-refractivity contribution in [2.24, 2.45) is 11.8 Å². The largest absolute Gasteiger partial charge is 0.314 e. The van der Waals surface area contributed by atoms with E-state index in [2.05, 4.69) is 17.6 Å². The molecule has 3 aliphatic rings. The van der Waals surface area contributed by atoms with Gasteiger partial charge in [0, 0.05) is 18.1 Å². The number of hydrogen-bond donors (Lipinski definition) is 2. The Labute approximate surface area is 131 Å². The molecule has 0 radical (unpaired) electrons. The van der Waals surface area contributed by atoms with Crippen LogP contribution in [0.25, 0.3) is 0 Å². The normalized spacial score (nSPS) is 41.3. The van der Waals surface area contributed by atoms with Crippen molar-refractivity contribution in [3.63, 3.8) is 0 Å². The van der Waals surface area contributed by atoms with Crippen molar-refractivity contribution in [3.05, 3.63) is 0 Å². The molecule has 0 spiro atoms. The first-order valence-corrected chi connectivity index (χ1v) is 9.86. The lowest BCUT2D eigenvalue weighted by atomic mass is 9.77. The van der Waals surface area contributed by atoms with E-state index in [1.807, 2.05) is 0 Å². The Hall–Kier alpha value is -0.0800. The van der Waals surface area contributed by atoms with E-state index in [9.17, 15) is 0 Å². The molecule has 3 unspecified atom stereocenters. The maximum Gasteiger partial charge on any atom is 0.0113 e. The van der Waals surface area contributed by atoms with Gasteiger partial charge in [-0.3, -0.25) is 0 Å². The van der Waals surface area contributed by atoms with E-state index in [1.165, 1.54) is 83.6 Å². The van der Waals surface area contributed by atoms with Crippen molar-refractivity contribution in [1.29, 1.82) is 0 Å². The van der Waals surface area contributed by atoms with Gasteiger partial charge in [-0.05, 0) is 69.7 Å². The lowest BCUT2D eigenvalue weighted by Gasteiger charge is -2.40. The second kappa shape index (κ2) is 7.97. The van der Waals surface area contributed by atoms with Crippen LogP contribution < -0.4 is 10.6 Å². The molecule has 1 saturated heterocycles. The number of hydrogen-bond acceptors (Lipinski definition) is 2.